The first-order valence-corrected chi connectivity index (χ1v) is 17.3. The third-order valence-corrected chi connectivity index (χ3v) is 11.6. The van der Waals surface area contributed by atoms with Gasteiger partial charge in [-0.15, -0.1) is 0 Å². The van der Waals surface area contributed by atoms with Gasteiger partial charge in [0.1, 0.15) is 17.7 Å². The molecule has 246 valence electrons. The summed E-state index contributed by atoms with van der Waals surface area (Å²) in [5, 5.41) is 18.4. The summed E-state index contributed by atoms with van der Waals surface area (Å²) >= 11 is 0. The first-order valence-electron chi connectivity index (χ1n) is 15.6. The van der Waals surface area contributed by atoms with Crippen molar-refractivity contribution in [3.8, 4) is 0 Å². The molecule has 0 spiro atoms. The predicted molar refractivity (Wildman–Crippen MR) is 166 cm³/mol. The second-order valence-corrected chi connectivity index (χ2v) is 14.4. The quantitative estimate of drug-likeness (QED) is 0.303. The van der Waals surface area contributed by atoms with Crippen LogP contribution in [0.5, 0.6) is 0 Å². The first kappa shape index (κ1) is 33.2. The number of piperazine rings is 1. The number of halogens is 2. The van der Waals surface area contributed by atoms with E-state index in [9.17, 15) is 27.5 Å². The smallest absolute Gasteiger partial charge is 0.405 e. The van der Waals surface area contributed by atoms with Gasteiger partial charge < -0.3 is 25.8 Å². The van der Waals surface area contributed by atoms with Crippen LogP contribution in [0.1, 0.15) is 62.0 Å². The number of hydrogen-bond acceptors (Lipinski definition) is 6. The number of hydrogen-bond donors (Lipinski definition) is 4. The Morgan fingerprint density at radius 1 is 1.09 bits per heavy atom. The molecule has 1 saturated carbocycles. The molecule has 2 bridgehead atoms. The number of methoxy groups -OCH3 is 1. The summed E-state index contributed by atoms with van der Waals surface area (Å²) in [6, 6.07) is 8.50. The Kier molecular flexibility index (Phi) is 10.7. The number of nitrogens with zero attached hydrogens (tertiary/aromatic N) is 1. The Morgan fingerprint density at radius 3 is 2.51 bits per heavy atom. The SMILES string of the molecule is COC1CCC([C@H](c2ccc(F)cc2)[C@H](NC(=O)O)C(=O)Nc2cccc(F)c2CC[C@H]2CN[C@@H]3CCCS(=O)(=O)N2C3)CC1. The molecule has 2 heterocycles. The van der Waals surface area contributed by atoms with Gasteiger partial charge in [0.05, 0.1) is 11.9 Å². The number of carbonyl (C=O) groups excluding carboxylic acids is 1. The average molecular weight is 649 g/mol. The van der Waals surface area contributed by atoms with E-state index in [0.717, 1.165) is 19.3 Å². The van der Waals surface area contributed by atoms with Crippen LogP contribution in [0.2, 0.25) is 0 Å². The summed E-state index contributed by atoms with van der Waals surface area (Å²) in [6.45, 7) is 0.836. The summed E-state index contributed by atoms with van der Waals surface area (Å²) in [6.07, 6.45) is 3.35. The molecule has 13 heteroatoms. The van der Waals surface area contributed by atoms with Crippen molar-refractivity contribution in [1.82, 2.24) is 14.9 Å². The van der Waals surface area contributed by atoms with Crippen LogP contribution in [0.4, 0.5) is 19.3 Å². The second kappa shape index (κ2) is 14.5. The van der Waals surface area contributed by atoms with E-state index in [1.54, 1.807) is 29.6 Å². The number of ether oxygens (including phenoxy) is 1. The monoisotopic (exact) mass is 648 g/mol. The lowest BCUT2D eigenvalue weighted by atomic mass is 9.72. The van der Waals surface area contributed by atoms with Crippen LogP contribution in [-0.2, 0) is 26.0 Å². The average Bonchev–Trinajstić information content (AvgIpc) is 3.13. The highest BCUT2D eigenvalue weighted by atomic mass is 32.2. The van der Waals surface area contributed by atoms with Gasteiger partial charge in [0, 0.05) is 49.5 Å². The molecule has 10 nitrogen and oxygen atoms in total. The molecule has 5 atom stereocenters. The third-order valence-electron chi connectivity index (χ3n) is 9.60. The summed E-state index contributed by atoms with van der Waals surface area (Å²) in [5.41, 5.74) is 1.03. The molecule has 2 aromatic carbocycles. The van der Waals surface area contributed by atoms with E-state index >= 15 is 4.39 Å². The van der Waals surface area contributed by atoms with E-state index in [4.69, 9.17) is 4.74 Å². The van der Waals surface area contributed by atoms with E-state index in [1.165, 1.54) is 24.3 Å². The van der Waals surface area contributed by atoms with Crippen molar-refractivity contribution in [3.05, 3.63) is 65.2 Å². The van der Waals surface area contributed by atoms with E-state index in [-0.39, 0.29) is 47.5 Å². The zero-order valence-corrected chi connectivity index (χ0v) is 26.2. The highest BCUT2D eigenvalue weighted by Crippen LogP contribution is 2.40. The molecule has 2 saturated heterocycles. The molecule has 3 fully saturated rings. The Bertz CT molecular complexity index is 1450. The Hall–Kier alpha value is -3.13. The number of fused-ring (bicyclic) bond motifs is 2. The Balaban J connectivity index is 1.39. The van der Waals surface area contributed by atoms with Crippen LogP contribution >= 0.6 is 0 Å². The number of rotatable bonds is 10. The fraction of sp³-hybridized carbons (Fsp3) is 0.562. The van der Waals surface area contributed by atoms with Crippen LogP contribution in [-0.4, -0.2) is 80.0 Å². The summed E-state index contributed by atoms with van der Waals surface area (Å²) in [4.78, 5) is 26.0. The van der Waals surface area contributed by atoms with Crippen LogP contribution in [0.25, 0.3) is 0 Å². The zero-order chi connectivity index (χ0) is 32.1. The molecule has 0 radical (unpaired) electrons. The second-order valence-electron chi connectivity index (χ2n) is 12.4. The molecule has 1 unspecified atom stereocenters. The zero-order valence-electron chi connectivity index (χ0n) is 25.4. The molecule has 4 N–H and O–H groups in total. The lowest BCUT2D eigenvalue weighted by Crippen LogP contribution is -2.57. The summed E-state index contributed by atoms with van der Waals surface area (Å²) in [5.74, 6) is -2.30. The maximum Gasteiger partial charge on any atom is 0.405 e. The van der Waals surface area contributed by atoms with Gasteiger partial charge >= 0.3 is 6.09 Å². The maximum absolute atomic E-state index is 15.3. The fourth-order valence-corrected chi connectivity index (χ4v) is 9.06. The van der Waals surface area contributed by atoms with Gasteiger partial charge in [0.15, 0.2) is 0 Å². The van der Waals surface area contributed by atoms with Crippen molar-refractivity contribution >= 4 is 27.7 Å². The molecule has 1 aliphatic carbocycles. The Morgan fingerprint density at radius 2 is 1.82 bits per heavy atom. The number of amides is 2. The standard InChI is InChI=1S/C32H42F2N4O6S/c1-44-25-14-9-21(10-15-25)29(20-7-11-22(33)12-8-20)30(37-32(40)41)31(39)36-28-6-2-5-27(34)26(28)16-13-24-18-35-23-4-3-17-45(42,43)38(24)19-23/h2,5-8,11-12,21,23-25,29-30,35,37H,3-4,9-10,13-19H2,1H3,(H,36,39)(H,40,41)/t21?,23-,24+,25?,29+,30+/m1/s1. The Labute approximate surface area is 263 Å². The summed E-state index contributed by atoms with van der Waals surface area (Å²) < 4.78 is 62.1. The lowest BCUT2D eigenvalue weighted by molar-refractivity contribution is -0.119. The van der Waals surface area contributed by atoms with Crippen molar-refractivity contribution in [2.45, 2.75) is 81.5 Å². The lowest BCUT2D eigenvalue weighted by Gasteiger charge is -2.38. The number of carboxylic acid groups (broad SMARTS) is 1. The summed E-state index contributed by atoms with van der Waals surface area (Å²) in [7, 11) is -1.78. The topological polar surface area (TPSA) is 137 Å². The molecule has 5 rings (SSSR count). The predicted octanol–water partition coefficient (Wildman–Crippen LogP) is 4.23. The van der Waals surface area contributed by atoms with Crippen molar-refractivity contribution in [2.75, 3.05) is 31.3 Å². The van der Waals surface area contributed by atoms with Crippen LogP contribution in [0, 0.1) is 17.6 Å². The van der Waals surface area contributed by atoms with Crippen LogP contribution in [0.3, 0.4) is 0 Å². The van der Waals surface area contributed by atoms with E-state index in [1.807, 2.05) is 0 Å². The minimum atomic E-state index is -3.43. The van der Waals surface area contributed by atoms with Crippen molar-refractivity contribution in [3.63, 3.8) is 0 Å². The van der Waals surface area contributed by atoms with Crippen LogP contribution in [0.15, 0.2) is 42.5 Å². The van der Waals surface area contributed by atoms with Gasteiger partial charge in [-0.05, 0) is 87.1 Å². The highest BCUT2D eigenvalue weighted by molar-refractivity contribution is 7.89. The van der Waals surface area contributed by atoms with Gasteiger partial charge in [-0.2, -0.15) is 4.31 Å². The minimum absolute atomic E-state index is 0.0687. The van der Waals surface area contributed by atoms with E-state index in [0.29, 0.717) is 44.3 Å². The molecule has 45 heavy (non-hydrogen) atoms. The van der Waals surface area contributed by atoms with Gasteiger partial charge in [-0.3, -0.25) is 4.79 Å². The van der Waals surface area contributed by atoms with E-state index < -0.39 is 45.6 Å². The van der Waals surface area contributed by atoms with Crippen LogP contribution < -0.4 is 16.0 Å². The molecular formula is C32H42F2N4O6S. The normalized spacial score (nSPS) is 27.5. The third kappa shape index (κ3) is 8.00. The molecule has 2 amide bonds. The number of sulfonamides is 1. The maximum atomic E-state index is 15.3. The van der Waals surface area contributed by atoms with Crippen molar-refractivity contribution < 1.29 is 36.6 Å². The molecule has 2 aromatic rings. The molecule has 2 aliphatic heterocycles. The van der Waals surface area contributed by atoms with Gasteiger partial charge in [-0.1, -0.05) is 18.2 Å². The molecule has 0 aromatic heterocycles. The number of carbonyl (C=O) groups is 2. The van der Waals surface area contributed by atoms with E-state index in [2.05, 4.69) is 16.0 Å². The number of nitrogens with one attached hydrogen (secondary N) is 3. The minimum Gasteiger partial charge on any atom is -0.465 e. The van der Waals surface area contributed by atoms with Gasteiger partial charge in [0.2, 0.25) is 15.9 Å². The molecular weight excluding hydrogens is 606 g/mol. The van der Waals surface area contributed by atoms with Crippen molar-refractivity contribution in [2.24, 2.45) is 5.92 Å². The van der Waals surface area contributed by atoms with Gasteiger partial charge in [-0.25, -0.2) is 22.0 Å². The number of benzene rings is 2. The fourth-order valence-electron chi connectivity index (χ4n) is 7.25. The largest absolute Gasteiger partial charge is 0.465 e. The first-order chi connectivity index (χ1) is 21.6. The number of anilines is 1. The van der Waals surface area contributed by atoms with Crippen molar-refractivity contribution in [1.29, 1.82) is 0 Å². The molecule has 3 aliphatic rings. The van der Waals surface area contributed by atoms with Gasteiger partial charge in [0.25, 0.3) is 0 Å². The highest BCUT2D eigenvalue weighted by Gasteiger charge is 2.40.